The molecule has 1 rings (SSSR count). The predicted octanol–water partition coefficient (Wildman–Crippen LogP) is 1.34. The van der Waals surface area contributed by atoms with E-state index in [1.165, 1.54) is 32.5 Å². The standard InChI is InChI=1S/C12H26N2O/c1-11(2)14(7-8-15-3)10-12-5-4-6-13-9-12/h11-13H,4-10H2,1-3H3. The Hall–Kier alpha value is -0.120. The van der Waals surface area contributed by atoms with Crippen LogP contribution in [0.3, 0.4) is 0 Å². The number of hydrogen-bond donors (Lipinski definition) is 1. The fourth-order valence-corrected chi connectivity index (χ4v) is 2.18. The third-order valence-electron chi connectivity index (χ3n) is 3.20. The maximum absolute atomic E-state index is 5.15. The van der Waals surface area contributed by atoms with Crippen molar-refractivity contribution in [2.45, 2.75) is 32.7 Å². The van der Waals surface area contributed by atoms with Crippen molar-refractivity contribution in [1.82, 2.24) is 10.2 Å². The zero-order chi connectivity index (χ0) is 11.1. The highest BCUT2D eigenvalue weighted by atomic mass is 16.5. The summed E-state index contributed by atoms with van der Waals surface area (Å²) >= 11 is 0. The highest BCUT2D eigenvalue weighted by Gasteiger charge is 2.18. The number of piperidine rings is 1. The fraction of sp³-hybridized carbons (Fsp3) is 1.00. The van der Waals surface area contributed by atoms with Crippen LogP contribution < -0.4 is 5.32 Å². The largest absolute Gasteiger partial charge is 0.383 e. The maximum atomic E-state index is 5.15. The van der Waals surface area contributed by atoms with Gasteiger partial charge in [0.1, 0.15) is 0 Å². The molecule has 15 heavy (non-hydrogen) atoms. The third kappa shape index (κ3) is 4.96. The van der Waals surface area contributed by atoms with E-state index in [-0.39, 0.29) is 0 Å². The highest BCUT2D eigenvalue weighted by Crippen LogP contribution is 2.13. The van der Waals surface area contributed by atoms with Crippen molar-refractivity contribution in [2.75, 3.05) is 39.9 Å². The number of nitrogens with one attached hydrogen (secondary N) is 1. The minimum atomic E-state index is 0.627. The predicted molar refractivity (Wildman–Crippen MR) is 64.2 cm³/mol. The van der Waals surface area contributed by atoms with Gasteiger partial charge >= 0.3 is 0 Å². The second-order valence-corrected chi connectivity index (χ2v) is 4.79. The first-order valence-electron chi connectivity index (χ1n) is 6.17. The molecule has 90 valence electrons. The average molecular weight is 214 g/mol. The van der Waals surface area contributed by atoms with Crippen molar-refractivity contribution in [3.63, 3.8) is 0 Å². The summed E-state index contributed by atoms with van der Waals surface area (Å²) in [6.45, 7) is 10.1. The smallest absolute Gasteiger partial charge is 0.0589 e. The molecule has 1 unspecified atom stereocenters. The molecule has 1 fully saturated rings. The van der Waals surface area contributed by atoms with Gasteiger partial charge in [0.05, 0.1) is 6.61 Å². The van der Waals surface area contributed by atoms with Gasteiger partial charge in [-0.3, -0.25) is 4.90 Å². The van der Waals surface area contributed by atoms with Crippen LogP contribution in [0.4, 0.5) is 0 Å². The van der Waals surface area contributed by atoms with E-state index in [1.54, 1.807) is 7.11 Å². The number of methoxy groups -OCH3 is 1. The van der Waals surface area contributed by atoms with E-state index in [2.05, 4.69) is 24.1 Å². The van der Waals surface area contributed by atoms with Gasteiger partial charge in [0, 0.05) is 26.2 Å². The molecule has 3 nitrogen and oxygen atoms in total. The van der Waals surface area contributed by atoms with Gasteiger partial charge in [-0.1, -0.05) is 0 Å². The van der Waals surface area contributed by atoms with Crippen LogP contribution in [-0.2, 0) is 4.74 Å². The lowest BCUT2D eigenvalue weighted by Gasteiger charge is -2.32. The molecule has 0 radical (unpaired) electrons. The zero-order valence-electron chi connectivity index (χ0n) is 10.5. The monoisotopic (exact) mass is 214 g/mol. The first-order valence-corrected chi connectivity index (χ1v) is 6.17. The molecule has 0 aromatic carbocycles. The van der Waals surface area contributed by atoms with Gasteiger partial charge in [0.15, 0.2) is 0 Å². The van der Waals surface area contributed by atoms with Crippen molar-refractivity contribution in [2.24, 2.45) is 5.92 Å². The van der Waals surface area contributed by atoms with Crippen LogP contribution in [0.2, 0.25) is 0 Å². The Balaban J connectivity index is 2.28. The minimum absolute atomic E-state index is 0.627. The van der Waals surface area contributed by atoms with E-state index >= 15 is 0 Å². The second-order valence-electron chi connectivity index (χ2n) is 4.79. The summed E-state index contributed by atoms with van der Waals surface area (Å²) in [5.41, 5.74) is 0. The summed E-state index contributed by atoms with van der Waals surface area (Å²) in [5.74, 6) is 0.831. The lowest BCUT2D eigenvalue weighted by Crippen LogP contribution is -2.42. The molecule has 1 heterocycles. The summed E-state index contributed by atoms with van der Waals surface area (Å²) in [7, 11) is 1.78. The third-order valence-corrected chi connectivity index (χ3v) is 3.20. The highest BCUT2D eigenvalue weighted by molar-refractivity contribution is 4.74. The first-order chi connectivity index (χ1) is 7.24. The van der Waals surface area contributed by atoms with Crippen LogP contribution in [-0.4, -0.2) is 50.8 Å². The van der Waals surface area contributed by atoms with E-state index in [1.807, 2.05) is 0 Å². The number of rotatable bonds is 6. The zero-order valence-corrected chi connectivity index (χ0v) is 10.5. The van der Waals surface area contributed by atoms with Gasteiger partial charge in [-0.05, 0) is 45.7 Å². The van der Waals surface area contributed by atoms with E-state index in [0.717, 1.165) is 19.1 Å². The summed E-state index contributed by atoms with van der Waals surface area (Å²) in [6, 6.07) is 0.627. The number of nitrogens with zero attached hydrogens (tertiary/aromatic N) is 1. The van der Waals surface area contributed by atoms with Crippen molar-refractivity contribution in [3.05, 3.63) is 0 Å². The fourth-order valence-electron chi connectivity index (χ4n) is 2.18. The van der Waals surface area contributed by atoms with Crippen LogP contribution in [0.15, 0.2) is 0 Å². The van der Waals surface area contributed by atoms with Gasteiger partial charge < -0.3 is 10.1 Å². The summed E-state index contributed by atoms with van der Waals surface area (Å²) < 4.78 is 5.15. The summed E-state index contributed by atoms with van der Waals surface area (Å²) in [5, 5.41) is 3.48. The Morgan fingerprint density at radius 2 is 2.27 bits per heavy atom. The molecule has 0 amide bonds. The molecule has 0 aromatic heterocycles. The van der Waals surface area contributed by atoms with Crippen molar-refractivity contribution in [1.29, 1.82) is 0 Å². The van der Waals surface area contributed by atoms with Crippen LogP contribution in [0, 0.1) is 5.92 Å². The van der Waals surface area contributed by atoms with E-state index in [0.29, 0.717) is 6.04 Å². The normalized spacial score (nSPS) is 22.6. The molecule has 0 spiro atoms. The number of ether oxygens (including phenoxy) is 1. The lowest BCUT2D eigenvalue weighted by atomic mass is 9.98. The first kappa shape index (κ1) is 12.9. The second kappa shape index (κ2) is 7.20. The summed E-state index contributed by atoms with van der Waals surface area (Å²) in [6.07, 6.45) is 2.71. The number of hydrogen-bond acceptors (Lipinski definition) is 3. The minimum Gasteiger partial charge on any atom is -0.383 e. The summed E-state index contributed by atoms with van der Waals surface area (Å²) in [4.78, 5) is 2.53. The Kier molecular flexibility index (Phi) is 6.22. The van der Waals surface area contributed by atoms with Crippen LogP contribution in [0.5, 0.6) is 0 Å². The molecule has 1 aliphatic heterocycles. The van der Waals surface area contributed by atoms with E-state index in [9.17, 15) is 0 Å². The van der Waals surface area contributed by atoms with Gasteiger partial charge in [-0.25, -0.2) is 0 Å². The van der Waals surface area contributed by atoms with Crippen molar-refractivity contribution < 1.29 is 4.74 Å². The van der Waals surface area contributed by atoms with Gasteiger partial charge in [-0.15, -0.1) is 0 Å². The molecule has 1 saturated heterocycles. The quantitative estimate of drug-likeness (QED) is 0.722. The SMILES string of the molecule is COCCN(CC1CCCNC1)C(C)C. The molecule has 0 saturated carbocycles. The van der Waals surface area contributed by atoms with Crippen molar-refractivity contribution in [3.8, 4) is 0 Å². The van der Waals surface area contributed by atoms with E-state index < -0.39 is 0 Å². The van der Waals surface area contributed by atoms with E-state index in [4.69, 9.17) is 4.74 Å². The van der Waals surface area contributed by atoms with Crippen LogP contribution in [0.1, 0.15) is 26.7 Å². The Bertz CT molecular complexity index is 156. The topological polar surface area (TPSA) is 24.5 Å². The van der Waals surface area contributed by atoms with Crippen molar-refractivity contribution >= 4 is 0 Å². The van der Waals surface area contributed by atoms with Crippen LogP contribution >= 0.6 is 0 Å². The molecule has 0 aliphatic carbocycles. The van der Waals surface area contributed by atoms with Gasteiger partial charge in [-0.2, -0.15) is 0 Å². The molecule has 0 aromatic rings. The molecule has 0 bridgehead atoms. The molecular weight excluding hydrogens is 188 g/mol. The molecule has 1 N–H and O–H groups in total. The Morgan fingerprint density at radius 3 is 2.80 bits per heavy atom. The molecule has 3 heteroatoms. The molecule has 1 aliphatic rings. The Labute approximate surface area is 94.2 Å². The van der Waals surface area contributed by atoms with Crippen LogP contribution in [0.25, 0.3) is 0 Å². The van der Waals surface area contributed by atoms with Gasteiger partial charge in [0.25, 0.3) is 0 Å². The molecular formula is C12H26N2O. The lowest BCUT2D eigenvalue weighted by molar-refractivity contribution is 0.111. The molecule has 1 atom stereocenters. The average Bonchev–Trinajstić information content (AvgIpc) is 2.25. The van der Waals surface area contributed by atoms with Gasteiger partial charge in [0.2, 0.25) is 0 Å². The maximum Gasteiger partial charge on any atom is 0.0589 e. The Morgan fingerprint density at radius 1 is 1.47 bits per heavy atom.